The number of aromatic amines is 1. The number of aromatic nitrogens is 6. The molecule has 136 valence electrons. The van der Waals surface area contributed by atoms with Crippen molar-refractivity contribution < 1.29 is 0 Å². The van der Waals surface area contributed by atoms with Crippen LogP contribution in [0.3, 0.4) is 0 Å². The molecule has 0 spiro atoms. The van der Waals surface area contributed by atoms with Gasteiger partial charge in [0.1, 0.15) is 6.33 Å². The lowest BCUT2D eigenvalue weighted by Crippen LogP contribution is -2.19. The topological polar surface area (TPSA) is 93.2 Å². The molecule has 0 atom stereocenters. The molecule has 1 N–H and O–H groups in total. The smallest absolute Gasteiger partial charge is 0.281 e. The van der Waals surface area contributed by atoms with Gasteiger partial charge in [-0.05, 0) is 42.7 Å². The van der Waals surface area contributed by atoms with Gasteiger partial charge >= 0.3 is 0 Å². The van der Waals surface area contributed by atoms with Crippen LogP contribution in [0.5, 0.6) is 0 Å². The van der Waals surface area contributed by atoms with Crippen LogP contribution in [-0.4, -0.2) is 35.8 Å². The molecule has 3 aromatic heterocycles. The molecule has 0 radical (unpaired) electrons. The molecule has 4 rings (SSSR count). The van der Waals surface area contributed by atoms with Crippen molar-refractivity contribution >= 4 is 17.5 Å². The highest BCUT2D eigenvalue weighted by atomic mass is 16.1. The fourth-order valence-electron chi connectivity index (χ4n) is 2.79. The van der Waals surface area contributed by atoms with Crippen LogP contribution < -0.4 is 5.56 Å². The number of H-pyrrole nitrogens is 1. The summed E-state index contributed by atoms with van der Waals surface area (Å²) in [5, 5.41) is 15.1. The van der Waals surface area contributed by atoms with Gasteiger partial charge in [0.2, 0.25) is 0 Å². The fraction of sp³-hybridized carbons (Fsp3) is 0.211. The monoisotopic (exact) mass is 361 g/mol. The Morgan fingerprint density at radius 3 is 2.67 bits per heavy atom. The van der Waals surface area contributed by atoms with Crippen molar-refractivity contribution in [2.75, 3.05) is 0 Å². The molecule has 0 bridgehead atoms. The quantitative estimate of drug-likeness (QED) is 0.566. The lowest BCUT2D eigenvalue weighted by molar-refractivity contribution is 0.765. The Kier molecular flexibility index (Phi) is 4.15. The predicted molar refractivity (Wildman–Crippen MR) is 103 cm³/mol. The number of hydrogen-bond acceptors (Lipinski definition) is 5. The molecule has 0 saturated carbocycles. The predicted octanol–water partition coefficient (Wildman–Crippen LogP) is 2.79. The van der Waals surface area contributed by atoms with Gasteiger partial charge in [0, 0.05) is 11.9 Å². The molecule has 3 heterocycles. The van der Waals surface area contributed by atoms with Gasteiger partial charge < -0.3 is 0 Å². The summed E-state index contributed by atoms with van der Waals surface area (Å²) in [5.41, 5.74) is 3.66. The molecule has 8 nitrogen and oxygen atoms in total. The van der Waals surface area contributed by atoms with Crippen LogP contribution in [0.1, 0.15) is 36.6 Å². The third-order valence-electron chi connectivity index (χ3n) is 4.40. The Hall–Kier alpha value is -3.55. The van der Waals surface area contributed by atoms with Crippen molar-refractivity contribution in [1.82, 2.24) is 29.6 Å². The number of aliphatic imine (C=N–C) groups is 1. The number of benzene rings is 1. The summed E-state index contributed by atoms with van der Waals surface area (Å²) in [4.78, 5) is 17.2. The van der Waals surface area contributed by atoms with Gasteiger partial charge in [-0.1, -0.05) is 26.0 Å². The minimum Gasteiger partial charge on any atom is -0.293 e. The van der Waals surface area contributed by atoms with E-state index in [0.717, 1.165) is 5.69 Å². The number of rotatable bonds is 4. The van der Waals surface area contributed by atoms with E-state index in [-0.39, 0.29) is 5.56 Å². The molecule has 0 unspecified atom stereocenters. The van der Waals surface area contributed by atoms with E-state index in [2.05, 4.69) is 51.4 Å². The number of nitrogens with zero attached hydrogens (tertiary/aromatic N) is 6. The minimum absolute atomic E-state index is 0.213. The zero-order chi connectivity index (χ0) is 19.0. The standard InChI is InChI=1S/C19H19N7O/c1-12(2)14-4-6-15(7-5-14)20-10-16-13(3)23-26(19(16)27)18-9-8-17-22-21-11-25(17)24-18/h4-12,23H,1-3H3. The van der Waals surface area contributed by atoms with Crippen LogP contribution in [0.25, 0.3) is 11.5 Å². The zero-order valence-electron chi connectivity index (χ0n) is 15.3. The average Bonchev–Trinajstić information content (AvgIpc) is 3.24. The fourth-order valence-corrected chi connectivity index (χ4v) is 2.79. The summed E-state index contributed by atoms with van der Waals surface area (Å²) in [6, 6.07) is 11.5. The molecule has 8 heteroatoms. The summed E-state index contributed by atoms with van der Waals surface area (Å²) in [6.45, 7) is 6.13. The van der Waals surface area contributed by atoms with E-state index < -0.39 is 0 Å². The van der Waals surface area contributed by atoms with Crippen LogP contribution in [0.2, 0.25) is 0 Å². The number of aryl methyl sites for hydroxylation is 1. The van der Waals surface area contributed by atoms with Crippen molar-refractivity contribution in [3.8, 4) is 5.82 Å². The summed E-state index contributed by atoms with van der Waals surface area (Å²) >= 11 is 0. The molecule has 0 aliphatic rings. The van der Waals surface area contributed by atoms with Crippen molar-refractivity contribution in [1.29, 1.82) is 0 Å². The number of fused-ring (bicyclic) bond motifs is 1. The first kappa shape index (κ1) is 16.9. The highest BCUT2D eigenvalue weighted by Gasteiger charge is 2.12. The van der Waals surface area contributed by atoms with Gasteiger partial charge in [0.15, 0.2) is 11.5 Å². The average molecular weight is 361 g/mol. The first-order valence-electron chi connectivity index (χ1n) is 8.66. The first-order chi connectivity index (χ1) is 13.0. The second-order valence-electron chi connectivity index (χ2n) is 6.62. The molecule has 0 fully saturated rings. The van der Waals surface area contributed by atoms with Crippen LogP contribution in [0.4, 0.5) is 5.69 Å². The molecule has 0 aliphatic carbocycles. The minimum atomic E-state index is -0.213. The maximum absolute atomic E-state index is 12.8. The van der Waals surface area contributed by atoms with Crippen molar-refractivity contribution in [3.63, 3.8) is 0 Å². The van der Waals surface area contributed by atoms with E-state index in [4.69, 9.17) is 0 Å². The highest BCUT2D eigenvalue weighted by molar-refractivity contribution is 5.83. The van der Waals surface area contributed by atoms with Crippen LogP contribution >= 0.6 is 0 Å². The van der Waals surface area contributed by atoms with Gasteiger partial charge in [-0.25, -0.2) is 0 Å². The van der Waals surface area contributed by atoms with Crippen LogP contribution in [0.15, 0.2) is 52.5 Å². The van der Waals surface area contributed by atoms with Crippen molar-refractivity contribution in [2.24, 2.45) is 4.99 Å². The molecular formula is C19H19N7O. The molecule has 0 saturated heterocycles. The van der Waals surface area contributed by atoms with Crippen LogP contribution in [-0.2, 0) is 0 Å². The summed E-state index contributed by atoms with van der Waals surface area (Å²) in [6.07, 6.45) is 3.08. The highest BCUT2D eigenvalue weighted by Crippen LogP contribution is 2.19. The van der Waals surface area contributed by atoms with Crippen LogP contribution in [0, 0.1) is 6.92 Å². The Morgan fingerprint density at radius 1 is 1.15 bits per heavy atom. The SMILES string of the molecule is Cc1[nH]n(-c2ccc3nncn3n2)c(=O)c1C=Nc1ccc(C(C)C)cc1. The zero-order valence-corrected chi connectivity index (χ0v) is 15.3. The number of hydrogen-bond donors (Lipinski definition) is 1. The van der Waals surface area contributed by atoms with Crippen molar-refractivity contribution in [2.45, 2.75) is 26.7 Å². The van der Waals surface area contributed by atoms with Gasteiger partial charge in [-0.2, -0.15) is 9.20 Å². The maximum atomic E-state index is 12.8. The largest absolute Gasteiger partial charge is 0.293 e. The summed E-state index contributed by atoms with van der Waals surface area (Å²) in [5.74, 6) is 0.925. The summed E-state index contributed by atoms with van der Waals surface area (Å²) < 4.78 is 2.90. The second-order valence-corrected chi connectivity index (χ2v) is 6.62. The second kappa shape index (κ2) is 6.64. The maximum Gasteiger partial charge on any atom is 0.281 e. The Balaban J connectivity index is 1.67. The van der Waals surface area contributed by atoms with E-state index in [1.54, 1.807) is 18.3 Å². The van der Waals surface area contributed by atoms with Gasteiger partial charge in [-0.3, -0.25) is 14.9 Å². The van der Waals surface area contributed by atoms with Gasteiger partial charge in [0.05, 0.1) is 11.3 Å². The first-order valence-corrected chi connectivity index (χ1v) is 8.66. The molecule has 27 heavy (non-hydrogen) atoms. The van der Waals surface area contributed by atoms with Gasteiger partial charge in [-0.15, -0.1) is 15.3 Å². The number of nitrogens with one attached hydrogen (secondary N) is 1. The van der Waals surface area contributed by atoms with Gasteiger partial charge in [0.25, 0.3) is 5.56 Å². The Bertz CT molecular complexity index is 1180. The lowest BCUT2D eigenvalue weighted by atomic mass is 10.0. The Labute approximate surface area is 155 Å². The molecule has 0 aliphatic heterocycles. The van der Waals surface area contributed by atoms with E-state index in [0.29, 0.717) is 28.6 Å². The van der Waals surface area contributed by atoms with E-state index >= 15 is 0 Å². The van der Waals surface area contributed by atoms with E-state index in [9.17, 15) is 4.79 Å². The van der Waals surface area contributed by atoms with Crippen molar-refractivity contribution in [3.05, 3.63) is 69.9 Å². The van der Waals surface area contributed by atoms with E-state index in [1.807, 2.05) is 19.1 Å². The normalized spacial score (nSPS) is 11.9. The third-order valence-corrected chi connectivity index (χ3v) is 4.40. The van der Waals surface area contributed by atoms with E-state index in [1.165, 1.54) is 21.1 Å². The lowest BCUT2D eigenvalue weighted by Gasteiger charge is -2.04. The summed E-state index contributed by atoms with van der Waals surface area (Å²) in [7, 11) is 0. The third kappa shape index (κ3) is 3.17. The molecule has 4 aromatic rings. The molecule has 0 amide bonds. The molecular weight excluding hydrogens is 342 g/mol. The Morgan fingerprint density at radius 2 is 1.93 bits per heavy atom. The molecule has 1 aromatic carbocycles.